The molecule has 1 saturated heterocycles. The molecule has 0 atom stereocenters. The standard InChI is InChI=1S/C32H30N8O2/c1-2-3-11-28-34-27-19-25(26-10-6-7-16-33-26)29(32-41-17-18-42-32)35-31(27)40(28)20-21-12-14-22(15-13-21)23-8-4-5-9-24(23)30-36-38-39-37-30/h4-10,12-16,19,32H,2-3,11,17-18,20H2,1H3,(H,36,37,38,39). The molecule has 0 unspecified atom stereocenters. The van der Waals surface area contributed by atoms with E-state index in [9.17, 15) is 0 Å². The number of rotatable bonds is 9. The first-order valence-electron chi connectivity index (χ1n) is 14.3. The van der Waals surface area contributed by atoms with Crippen molar-refractivity contribution in [3.63, 3.8) is 0 Å². The van der Waals surface area contributed by atoms with Gasteiger partial charge in [-0.1, -0.05) is 67.9 Å². The minimum absolute atomic E-state index is 0.534. The van der Waals surface area contributed by atoms with E-state index in [0.29, 0.717) is 25.6 Å². The van der Waals surface area contributed by atoms with Crippen LogP contribution in [-0.4, -0.2) is 53.4 Å². The molecule has 42 heavy (non-hydrogen) atoms. The van der Waals surface area contributed by atoms with Gasteiger partial charge in [0.2, 0.25) is 6.29 Å². The maximum Gasteiger partial charge on any atom is 0.202 e. The molecule has 7 rings (SSSR count). The second-order valence-electron chi connectivity index (χ2n) is 10.3. The first-order valence-corrected chi connectivity index (χ1v) is 14.3. The molecule has 5 heterocycles. The average Bonchev–Trinajstić information content (AvgIpc) is 3.83. The summed E-state index contributed by atoms with van der Waals surface area (Å²) in [7, 11) is 0. The maximum atomic E-state index is 5.91. The van der Waals surface area contributed by atoms with Crippen molar-refractivity contribution in [2.75, 3.05) is 13.2 Å². The van der Waals surface area contributed by atoms with E-state index in [-0.39, 0.29) is 0 Å². The van der Waals surface area contributed by atoms with E-state index in [1.807, 2.05) is 36.4 Å². The van der Waals surface area contributed by atoms with Crippen LogP contribution in [0.4, 0.5) is 0 Å². The number of benzene rings is 2. The van der Waals surface area contributed by atoms with Gasteiger partial charge in [0.25, 0.3) is 0 Å². The highest BCUT2D eigenvalue weighted by molar-refractivity contribution is 5.81. The number of aromatic nitrogens is 8. The van der Waals surface area contributed by atoms with Crippen LogP contribution in [-0.2, 0) is 22.4 Å². The molecule has 2 aromatic carbocycles. The van der Waals surface area contributed by atoms with Crippen LogP contribution in [0.5, 0.6) is 0 Å². The van der Waals surface area contributed by atoms with Crippen LogP contribution in [0.1, 0.15) is 43.1 Å². The number of ether oxygens (including phenoxy) is 2. The highest BCUT2D eigenvalue weighted by Crippen LogP contribution is 2.34. The van der Waals surface area contributed by atoms with E-state index < -0.39 is 6.29 Å². The molecule has 0 bridgehead atoms. The van der Waals surface area contributed by atoms with Gasteiger partial charge in [0.1, 0.15) is 17.0 Å². The normalized spacial score (nSPS) is 13.7. The number of nitrogens with zero attached hydrogens (tertiary/aromatic N) is 7. The monoisotopic (exact) mass is 558 g/mol. The Morgan fingerprint density at radius 2 is 1.71 bits per heavy atom. The van der Waals surface area contributed by atoms with Crippen LogP contribution in [0.15, 0.2) is 79.0 Å². The number of fused-ring (bicyclic) bond motifs is 1. The highest BCUT2D eigenvalue weighted by Gasteiger charge is 2.27. The summed E-state index contributed by atoms with van der Waals surface area (Å²) in [6.45, 7) is 3.92. The summed E-state index contributed by atoms with van der Waals surface area (Å²) < 4.78 is 14.1. The van der Waals surface area contributed by atoms with Crippen molar-refractivity contribution < 1.29 is 9.47 Å². The maximum absolute atomic E-state index is 5.91. The predicted molar refractivity (Wildman–Crippen MR) is 158 cm³/mol. The van der Waals surface area contributed by atoms with Crippen LogP contribution >= 0.6 is 0 Å². The number of imidazole rings is 1. The second kappa shape index (κ2) is 11.6. The van der Waals surface area contributed by atoms with Crippen molar-refractivity contribution in [2.24, 2.45) is 0 Å². The third-order valence-corrected chi connectivity index (χ3v) is 7.50. The zero-order chi connectivity index (χ0) is 28.3. The fourth-order valence-electron chi connectivity index (χ4n) is 5.41. The van der Waals surface area contributed by atoms with Gasteiger partial charge >= 0.3 is 0 Å². The van der Waals surface area contributed by atoms with Crippen LogP contribution < -0.4 is 0 Å². The lowest BCUT2D eigenvalue weighted by molar-refractivity contribution is -0.0466. The molecule has 6 aromatic rings. The Bertz CT molecular complexity index is 1790. The number of aromatic amines is 1. The molecule has 0 amide bonds. The third kappa shape index (κ3) is 5.06. The molecular formula is C32H30N8O2. The minimum atomic E-state index is -0.534. The van der Waals surface area contributed by atoms with Gasteiger partial charge in [-0.25, -0.2) is 15.1 Å². The van der Waals surface area contributed by atoms with E-state index in [2.05, 4.69) is 73.5 Å². The molecule has 0 radical (unpaired) electrons. The van der Waals surface area contributed by atoms with Gasteiger partial charge in [-0.2, -0.15) is 0 Å². The largest absolute Gasteiger partial charge is 0.345 e. The quantitative estimate of drug-likeness (QED) is 0.238. The lowest BCUT2D eigenvalue weighted by Gasteiger charge is -2.15. The molecule has 4 aromatic heterocycles. The van der Waals surface area contributed by atoms with Crippen LogP contribution in [0.25, 0.3) is 44.9 Å². The van der Waals surface area contributed by atoms with Crippen molar-refractivity contribution in [3.8, 4) is 33.8 Å². The number of hydrogen-bond acceptors (Lipinski definition) is 8. The molecule has 1 N–H and O–H groups in total. The fourth-order valence-corrected chi connectivity index (χ4v) is 5.41. The summed E-state index contributed by atoms with van der Waals surface area (Å²) in [6, 6.07) is 24.6. The van der Waals surface area contributed by atoms with Gasteiger partial charge in [0.05, 0.1) is 25.5 Å². The summed E-state index contributed by atoms with van der Waals surface area (Å²) in [5.41, 5.74) is 8.35. The number of H-pyrrole nitrogens is 1. The number of tetrazole rings is 1. The minimum Gasteiger partial charge on any atom is -0.345 e. The van der Waals surface area contributed by atoms with E-state index in [1.165, 1.54) is 0 Å². The molecule has 1 aliphatic rings. The zero-order valence-electron chi connectivity index (χ0n) is 23.3. The molecule has 10 nitrogen and oxygen atoms in total. The van der Waals surface area contributed by atoms with E-state index >= 15 is 0 Å². The first-order chi connectivity index (χ1) is 20.8. The van der Waals surface area contributed by atoms with Crippen LogP contribution in [0, 0.1) is 0 Å². The number of unbranched alkanes of at least 4 members (excludes halogenated alkanes) is 1. The molecule has 0 aliphatic carbocycles. The second-order valence-corrected chi connectivity index (χ2v) is 10.3. The first kappa shape index (κ1) is 26.1. The zero-order valence-corrected chi connectivity index (χ0v) is 23.3. The van der Waals surface area contributed by atoms with Crippen molar-refractivity contribution in [3.05, 3.63) is 96.1 Å². The van der Waals surface area contributed by atoms with Gasteiger partial charge in [-0.05, 0) is 51.7 Å². The lowest BCUT2D eigenvalue weighted by atomic mass is 9.98. The number of hydrogen-bond donors (Lipinski definition) is 1. The van der Waals surface area contributed by atoms with Gasteiger partial charge in [-0.3, -0.25) is 4.98 Å². The topological polar surface area (TPSA) is 117 Å². The number of aryl methyl sites for hydroxylation is 1. The Kier molecular flexibility index (Phi) is 7.21. The van der Waals surface area contributed by atoms with Crippen molar-refractivity contribution in [1.82, 2.24) is 40.1 Å². The molecule has 1 aliphatic heterocycles. The highest BCUT2D eigenvalue weighted by atomic mass is 16.7. The fraction of sp³-hybridized carbons (Fsp3) is 0.250. The Balaban J connectivity index is 1.28. The molecule has 1 fully saturated rings. The summed E-state index contributed by atoms with van der Waals surface area (Å²) in [4.78, 5) is 14.8. The Morgan fingerprint density at radius 3 is 2.45 bits per heavy atom. The van der Waals surface area contributed by atoms with Crippen molar-refractivity contribution in [1.29, 1.82) is 0 Å². The third-order valence-electron chi connectivity index (χ3n) is 7.50. The van der Waals surface area contributed by atoms with E-state index in [4.69, 9.17) is 19.4 Å². The smallest absolute Gasteiger partial charge is 0.202 e. The average molecular weight is 559 g/mol. The predicted octanol–water partition coefficient (Wildman–Crippen LogP) is 5.78. The van der Waals surface area contributed by atoms with E-state index in [0.717, 1.165) is 75.5 Å². The van der Waals surface area contributed by atoms with Gasteiger partial charge in [0, 0.05) is 23.7 Å². The molecule has 0 saturated carbocycles. The van der Waals surface area contributed by atoms with Crippen molar-refractivity contribution >= 4 is 11.2 Å². The Hall–Kier alpha value is -4.80. The molecule has 10 heteroatoms. The van der Waals surface area contributed by atoms with Gasteiger partial charge in [-0.15, -0.1) is 5.10 Å². The van der Waals surface area contributed by atoms with Gasteiger partial charge in [0.15, 0.2) is 11.5 Å². The van der Waals surface area contributed by atoms with Gasteiger partial charge < -0.3 is 14.0 Å². The SMILES string of the molecule is CCCCc1nc2cc(-c3ccccn3)c(C3OCCO3)nc2n1Cc1ccc(-c2ccccc2-c2nnn[nH]2)cc1. The summed E-state index contributed by atoms with van der Waals surface area (Å²) >= 11 is 0. The molecule has 0 spiro atoms. The van der Waals surface area contributed by atoms with Crippen LogP contribution in [0.3, 0.4) is 0 Å². The lowest BCUT2D eigenvalue weighted by Crippen LogP contribution is -2.09. The molecule has 210 valence electrons. The Labute approximate surface area is 242 Å². The Morgan fingerprint density at radius 1 is 0.905 bits per heavy atom. The van der Waals surface area contributed by atoms with E-state index in [1.54, 1.807) is 6.20 Å². The van der Waals surface area contributed by atoms with Crippen LogP contribution in [0.2, 0.25) is 0 Å². The summed E-state index contributed by atoms with van der Waals surface area (Å²) in [5.74, 6) is 1.66. The van der Waals surface area contributed by atoms with Crippen molar-refractivity contribution in [2.45, 2.75) is 39.0 Å². The summed E-state index contributed by atoms with van der Waals surface area (Å²) in [6.07, 6.45) is 4.25. The molecular weight excluding hydrogens is 528 g/mol. The number of pyridine rings is 2. The summed E-state index contributed by atoms with van der Waals surface area (Å²) in [5, 5.41) is 14.5. The number of nitrogens with one attached hydrogen (secondary N) is 1.